The van der Waals surface area contributed by atoms with Crippen molar-refractivity contribution in [2.75, 3.05) is 40.3 Å². The average Bonchev–Trinajstić information content (AvgIpc) is 3.30. The van der Waals surface area contributed by atoms with Crippen molar-refractivity contribution in [1.82, 2.24) is 24.9 Å². The zero-order valence-electron chi connectivity index (χ0n) is 15.4. The molecule has 1 amide bonds. The summed E-state index contributed by atoms with van der Waals surface area (Å²) in [7, 11) is 4.00. The van der Waals surface area contributed by atoms with Gasteiger partial charge in [0.2, 0.25) is 0 Å². The fourth-order valence-corrected chi connectivity index (χ4v) is 3.04. The Morgan fingerprint density at radius 3 is 2.88 bits per heavy atom. The minimum Gasteiger partial charge on any atom is -0.467 e. The van der Waals surface area contributed by atoms with Crippen LogP contribution >= 0.6 is 12.4 Å². The number of nitrogens with zero attached hydrogens (tertiary/aromatic N) is 4. The van der Waals surface area contributed by atoms with E-state index in [1.54, 1.807) is 11.2 Å². The van der Waals surface area contributed by atoms with Gasteiger partial charge in [-0.15, -0.1) is 12.4 Å². The highest BCUT2D eigenvalue weighted by atomic mass is 35.5. The van der Waals surface area contributed by atoms with Gasteiger partial charge in [-0.05, 0) is 51.7 Å². The summed E-state index contributed by atoms with van der Waals surface area (Å²) < 4.78 is 7.34. The molecular weight excluding hydrogens is 354 g/mol. The maximum atomic E-state index is 13.0. The van der Waals surface area contributed by atoms with Crippen LogP contribution in [0.1, 0.15) is 35.1 Å². The Balaban J connectivity index is 0.00000243. The third kappa shape index (κ3) is 5.33. The zero-order chi connectivity index (χ0) is 17.6. The number of hydrogen-bond acceptors (Lipinski definition) is 5. The molecule has 1 aliphatic heterocycles. The predicted molar refractivity (Wildman–Crippen MR) is 103 cm³/mol. The first kappa shape index (κ1) is 20.5. The molecule has 0 bridgehead atoms. The molecule has 0 aromatic carbocycles. The van der Waals surface area contributed by atoms with Crippen LogP contribution in [0.25, 0.3) is 0 Å². The highest BCUT2D eigenvalue weighted by molar-refractivity contribution is 5.92. The van der Waals surface area contributed by atoms with Crippen LogP contribution in [-0.4, -0.2) is 65.8 Å². The summed E-state index contributed by atoms with van der Waals surface area (Å²) in [6.45, 7) is 3.85. The number of carbonyl (C=O) groups is 1. The van der Waals surface area contributed by atoms with Gasteiger partial charge in [-0.1, -0.05) is 0 Å². The van der Waals surface area contributed by atoms with Gasteiger partial charge in [0.15, 0.2) is 0 Å². The minimum absolute atomic E-state index is 0. The second-order valence-corrected chi connectivity index (χ2v) is 6.79. The molecule has 8 heteroatoms. The van der Waals surface area contributed by atoms with Crippen molar-refractivity contribution in [3.05, 3.63) is 42.1 Å². The van der Waals surface area contributed by atoms with Crippen molar-refractivity contribution >= 4 is 18.3 Å². The van der Waals surface area contributed by atoms with Crippen LogP contribution in [0, 0.1) is 0 Å². The van der Waals surface area contributed by atoms with Crippen molar-refractivity contribution in [3.63, 3.8) is 0 Å². The quantitative estimate of drug-likeness (QED) is 0.794. The largest absolute Gasteiger partial charge is 0.467 e. The van der Waals surface area contributed by atoms with E-state index in [4.69, 9.17) is 4.42 Å². The monoisotopic (exact) mass is 381 g/mol. The summed E-state index contributed by atoms with van der Waals surface area (Å²) in [6.07, 6.45) is 5.79. The van der Waals surface area contributed by atoms with Crippen LogP contribution in [0.3, 0.4) is 0 Å². The highest BCUT2D eigenvalue weighted by Gasteiger charge is 2.22. The lowest BCUT2D eigenvalue weighted by atomic mass is 10.1. The number of halogens is 1. The summed E-state index contributed by atoms with van der Waals surface area (Å²) >= 11 is 0. The lowest BCUT2D eigenvalue weighted by molar-refractivity contribution is 0.0712. The first-order chi connectivity index (χ1) is 12.1. The van der Waals surface area contributed by atoms with Gasteiger partial charge in [-0.25, -0.2) is 0 Å². The van der Waals surface area contributed by atoms with E-state index in [9.17, 15) is 4.79 Å². The standard InChI is InChI=1S/C18H27N5O2.ClH/c1-21(2)10-11-22(14-16-6-4-12-25-16)18(24)17-7-9-23(20-17)15-5-3-8-19-13-15;/h4,6-7,9,12,15,19H,3,5,8,10-11,13-14H2,1-2H3;1H. The molecule has 3 rings (SSSR count). The number of hydrogen-bond donors (Lipinski definition) is 1. The Morgan fingerprint density at radius 1 is 1.38 bits per heavy atom. The van der Waals surface area contributed by atoms with Crippen molar-refractivity contribution < 1.29 is 9.21 Å². The van der Waals surface area contributed by atoms with E-state index in [2.05, 4.69) is 15.3 Å². The number of nitrogens with one attached hydrogen (secondary N) is 1. The molecule has 1 aliphatic rings. The highest BCUT2D eigenvalue weighted by Crippen LogP contribution is 2.17. The third-order valence-electron chi connectivity index (χ3n) is 4.50. The minimum atomic E-state index is -0.0548. The van der Waals surface area contributed by atoms with Gasteiger partial charge in [0, 0.05) is 25.8 Å². The van der Waals surface area contributed by atoms with Crippen LogP contribution < -0.4 is 5.32 Å². The van der Waals surface area contributed by atoms with E-state index < -0.39 is 0 Å². The SMILES string of the molecule is CN(C)CCN(Cc1ccco1)C(=O)c1ccn(C2CCCNC2)n1.Cl. The summed E-state index contributed by atoms with van der Waals surface area (Å²) in [5.74, 6) is 0.726. The second-order valence-electron chi connectivity index (χ2n) is 6.79. The Bertz CT molecular complexity index is 665. The third-order valence-corrected chi connectivity index (χ3v) is 4.50. The molecule has 1 N–H and O–H groups in total. The van der Waals surface area contributed by atoms with E-state index in [-0.39, 0.29) is 18.3 Å². The van der Waals surface area contributed by atoms with E-state index in [1.807, 2.05) is 43.2 Å². The molecule has 0 saturated carbocycles. The molecule has 26 heavy (non-hydrogen) atoms. The summed E-state index contributed by atoms with van der Waals surface area (Å²) in [5.41, 5.74) is 0.496. The first-order valence-corrected chi connectivity index (χ1v) is 8.86. The Hall–Kier alpha value is -1.83. The molecule has 3 heterocycles. The second kappa shape index (κ2) is 9.75. The van der Waals surface area contributed by atoms with Gasteiger partial charge >= 0.3 is 0 Å². The lowest BCUT2D eigenvalue weighted by Crippen LogP contribution is -2.36. The summed E-state index contributed by atoms with van der Waals surface area (Å²) in [6, 6.07) is 5.88. The van der Waals surface area contributed by atoms with Gasteiger partial charge in [0.25, 0.3) is 5.91 Å². The fourth-order valence-electron chi connectivity index (χ4n) is 3.04. The Morgan fingerprint density at radius 2 is 2.23 bits per heavy atom. The van der Waals surface area contributed by atoms with Gasteiger partial charge in [0.1, 0.15) is 11.5 Å². The van der Waals surface area contributed by atoms with E-state index >= 15 is 0 Å². The fraction of sp³-hybridized carbons (Fsp3) is 0.556. The van der Waals surface area contributed by atoms with Gasteiger partial charge < -0.3 is 19.5 Å². The van der Waals surface area contributed by atoms with E-state index in [1.165, 1.54) is 0 Å². The van der Waals surface area contributed by atoms with Crippen molar-refractivity contribution in [2.45, 2.75) is 25.4 Å². The number of carbonyl (C=O) groups excluding carboxylic acids is 1. The van der Waals surface area contributed by atoms with Gasteiger partial charge in [-0.2, -0.15) is 5.10 Å². The summed E-state index contributed by atoms with van der Waals surface area (Å²) in [4.78, 5) is 16.8. The van der Waals surface area contributed by atoms with E-state index in [0.717, 1.165) is 38.2 Å². The van der Waals surface area contributed by atoms with Crippen molar-refractivity contribution in [2.24, 2.45) is 0 Å². The topological polar surface area (TPSA) is 66.5 Å². The van der Waals surface area contributed by atoms with Crippen molar-refractivity contribution in [3.8, 4) is 0 Å². The smallest absolute Gasteiger partial charge is 0.274 e. The number of furan rings is 1. The molecule has 7 nitrogen and oxygen atoms in total. The predicted octanol–water partition coefficient (Wildman–Crippen LogP) is 2.03. The molecule has 0 radical (unpaired) electrons. The van der Waals surface area contributed by atoms with E-state index in [0.29, 0.717) is 24.8 Å². The molecule has 1 atom stereocenters. The van der Waals surface area contributed by atoms with Crippen LogP contribution in [0.4, 0.5) is 0 Å². The normalized spacial score (nSPS) is 17.1. The number of piperidine rings is 1. The first-order valence-electron chi connectivity index (χ1n) is 8.86. The molecule has 0 aliphatic carbocycles. The molecule has 1 fully saturated rings. The number of aromatic nitrogens is 2. The van der Waals surface area contributed by atoms with Crippen molar-refractivity contribution in [1.29, 1.82) is 0 Å². The number of rotatable bonds is 7. The molecule has 0 spiro atoms. The maximum Gasteiger partial charge on any atom is 0.274 e. The molecule has 1 saturated heterocycles. The van der Waals surface area contributed by atoms with Crippen LogP contribution in [-0.2, 0) is 6.54 Å². The molecule has 2 aromatic rings. The van der Waals surface area contributed by atoms with Gasteiger partial charge in [0.05, 0.1) is 18.8 Å². The van der Waals surface area contributed by atoms with Gasteiger partial charge in [-0.3, -0.25) is 9.48 Å². The van der Waals surface area contributed by atoms with Crippen LogP contribution in [0.15, 0.2) is 35.1 Å². The summed E-state index contributed by atoms with van der Waals surface area (Å²) in [5, 5.41) is 7.94. The lowest BCUT2D eigenvalue weighted by Gasteiger charge is -2.24. The van der Waals surface area contributed by atoms with Crippen LogP contribution in [0.5, 0.6) is 0 Å². The molecule has 144 valence electrons. The molecule has 1 unspecified atom stereocenters. The Kier molecular flexibility index (Phi) is 7.68. The maximum absolute atomic E-state index is 13.0. The number of likely N-dealkylation sites (N-methyl/N-ethyl adjacent to an activating group) is 1. The number of amides is 1. The van der Waals surface area contributed by atoms with Crippen LogP contribution in [0.2, 0.25) is 0 Å². The zero-order valence-corrected chi connectivity index (χ0v) is 16.2. The Labute approximate surface area is 160 Å². The average molecular weight is 382 g/mol. The molecule has 2 aromatic heterocycles. The molecular formula is C18H28ClN5O2.